The van der Waals surface area contributed by atoms with E-state index < -0.39 is 5.82 Å². The first-order valence-corrected chi connectivity index (χ1v) is 15.6. The van der Waals surface area contributed by atoms with Gasteiger partial charge < -0.3 is 9.64 Å². The number of likely N-dealkylation sites (tertiary alicyclic amines) is 1. The highest BCUT2D eigenvalue weighted by Crippen LogP contribution is 2.39. The number of thiophene rings is 1. The second-order valence-electron chi connectivity index (χ2n) is 11.6. The van der Waals surface area contributed by atoms with Crippen molar-refractivity contribution >= 4 is 27.3 Å². The van der Waals surface area contributed by atoms with Crippen LogP contribution in [0.5, 0.6) is 11.5 Å². The fourth-order valence-electron chi connectivity index (χ4n) is 5.68. The van der Waals surface area contributed by atoms with Crippen LogP contribution in [0.25, 0.3) is 20.8 Å². The highest BCUT2D eigenvalue weighted by Gasteiger charge is 2.25. The minimum atomic E-state index is -0.485. The fourth-order valence-corrected chi connectivity index (χ4v) is 6.72. The van der Waals surface area contributed by atoms with Gasteiger partial charge in [0, 0.05) is 50.4 Å². The van der Waals surface area contributed by atoms with Crippen LogP contribution in [0.4, 0.5) is 8.78 Å². The third kappa shape index (κ3) is 7.02. The number of hydrogen-bond donors (Lipinski definition) is 0. The number of carbonyl (C=O) groups is 1. The molecule has 6 rings (SSSR count). The molecular formula is C33H36F2N4O2S. The van der Waals surface area contributed by atoms with E-state index in [1.165, 1.54) is 17.4 Å². The van der Waals surface area contributed by atoms with Gasteiger partial charge in [-0.25, -0.2) is 8.78 Å². The number of piperidine rings is 1. The normalized spacial score (nSPS) is 16.4. The number of ketones is 1. The highest BCUT2D eigenvalue weighted by atomic mass is 32.1. The van der Waals surface area contributed by atoms with E-state index in [2.05, 4.69) is 20.9 Å². The first kappa shape index (κ1) is 28.8. The molecule has 42 heavy (non-hydrogen) atoms. The number of fused-ring (bicyclic) bond motifs is 1. The van der Waals surface area contributed by atoms with Crippen LogP contribution in [0.3, 0.4) is 0 Å². The quantitative estimate of drug-likeness (QED) is 0.176. The summed E-state index contributed by atoms with van der Waals surface area (Å²) >= 11 is 1.51. The number of carbonyl (C=O) groups excluding carboxylic acids is 1. The van der Waals surface area contributed by atoms with E-state index in [1.807, 2.05) is 25.4 Å². The van der Waals surface area contributed by atoms with Crippen LogP contribution in [0.2, 0.25) is 0 Å². The summed E-state index contributed by atoms with van der Waals surface area (Å²) in [7, 11) is 2.01. The summed E-state index contributed by atoms with van der Waals surface area (Å²) in [4.78, 5) is 27.0. The molecule has 220 valence electrons. The lowest BCUT2D eigenvalue weighted by atomic mass is 10.0. The summed E-state index contributed by atoms with van der Waals surface area (Å²) in [6, 6.07) is 13.1. The number of nitrogens with zero attached hydrogens (tertiary/aromatic N) is 4. The molecule has 2 fully saturated rings. The number of halogens is 2. The Morgan fingerprint density at radius 2 is 1.86 bits per heavy atom. The van der Waals surface area contributed by atoms with Crippen molar-refractivity contribution in [3.8, 4) is 22.1 Å². The molecule has 0 spiro atoms. The first-order valence-electron chi connectivity index (χ1n) is 14.8. The molecule has 6 nitrogen and oxygen atoms in total. The van der Waals surface area contributed by atoms with Crippen molar-refractivity contribution in [3.05, 3.63) is 71.8 Å². The maximum atomic E-state index is 14.9. The summed E-state index contributed by atoms with van der Waals surface area (Å²) in [6.07, 6.45) is 8.79. The molecule has 1 aliphatic carbocycles. The molecule has 0 amide bonds. The van der Waals surface area contributed by atoms with Gasteiger partial charge in [-0.3, -0.25) is 19.7 Å². The van der Waals surface area contributed by atoms with Gasteiger partial charge in [-0.15, -0.1) is 11.3 Å². The Hall–Kier alpha value is -3.27. The third-order valence-electron chi connectivity index (χ3n) is 8.31. The fraction of sp³-hybridized carbons (Fsp3) is 0.424. The number of aromatic nitrogens is 2. The SMILES string of the molecule is CN(CCF)C1CCN(Cc2ccc(-c3cc4nccc(Oc5ccc(CC(=O)CC6CC6)cc5F)c4s3)nc2)CC1. The highest BCUT2D eigenvalue weighted by molar-refractivity contribution is 7.22. The van der Waals surface area contributed by atoms with Crippen molar-refractivity contribution in [2.45, 2.75) is 51.1 Å². The maximum absolute atomic E-state index is 14.9. The number of hydrogen-bond acceptors (Lipinski definition) is 7. The van der Waals surface area contributed by atoms with Crippen molar-refractivity contribution in [2.24, 2.45) is 5.92 Å². The van der Waals surface area contributed by atoms with Crippen LogP contribution in [-0.2, 0) is 17.8 Å². The minimum absolute atomic E-state index is 0.122. The lowest BCUT2D eigenvalue weighted by molar-refractivity contribution is -0.118. The molecule has 0 atom stereocenters. The average molecular weight is 591 g/mol. The van der Waals surface area contributed by atoms with E-state index in [1.54, 1.807) is 24.4 Å². The average Bonchev–Trinajstić information content (AvgIpc) is 3.69. The third-order valence-corrected chi connectivity index (χ3v) is 9.47. The van der Waals surface area contributed by atoms with Crippen molar-refractivity contribution in [3.63, 3.8) is 0 Å². The number of Topliss-reactive ketones (excluding diaryl/α,β-unsaturated/α-hetero) is 1. The zero-order valence-corrected chi connectivity index (χ0v) is 24.7. The first-order chi connectivity index (χ1) is 20.4. The maximum Gasteiger partial charge on any atom is 0.166 e. The molecule has 4 heterocycles. The van der Waals surface area contributed by atoms with Gasteiger partial charge in [0.1, 0.15) is 18.2 Å². The Morgan fingerprint density at radius 1 is 1.05 bits per heavy atom. The summed E-state index contributed by atoms with van der Waals surface area (Å²) in [5.41, 5.74) is 3.45. The predicted molar refractivity (Wildman–Crippen MR) is 162 cm³/mol. The van der Waals surface area contributed by atoms with E-state index in [4.69, 9.17) is 9.72 Å². The standard InChI is InChI=1S/C33H36F2N4O2S/c1-38(15-11-34)25-9-13-39(14-10-25)21-24-4-6-28(37-20-24)32-19-29-33(42-32)31(8-12-36-29)41-30-7-5-23(18-27(30)35)17-26(40)16-22-2-3-22/h4-8,12,18-20,22,25H,2-3,9-11,13-17,21H2,1H3. The number of ether oxygens (including phenoxy) is 1. The van der Waals surface area contributed by atoms with Crippen molar-refractivity contribution < 1.29 is 18.3 Å². The van der Waals surface area contributed by atoms with E-state index in [9.17, 15) is 13.6 Å². The molecule has 9 heteroatoms. The van der Waals surface area contributed by atoms with Gasteiger partial charge in [-0.2, -0.15) is 0 Å². The number of rotatable bonds is 12. The van der Waals surface area contributed by atoms with E-state index in [0.717, 1.165) is 71.7 Å². The lowest BCUT2D eigenvalue weighted by Crippen LogP contribution is -2.43. The molecule has 0 N–H and O–H groups in total. The minimum Gasteiger partial charge on any atom is -0.453 e. The summed E-state index contributed by atoms with van der Waals surface area (Å²) in [5, 5.41) is 0. The van der Waals surface area contributed by atoms with Crippen LogP contribution >= 0.6 is 11.3 Å². The second-order valence-corrected chi connectivity index (χ2v) is 12.6. The van der Waals surface area contributed by atoms with Gasteiger partial charge in [0.05, 0.1) is 20.8 Å². The van der Waals surface area contributed by atoms with Gasteiger partial charge in [-0.1, -0.05) is 12.1 Å². The Kier molecular flexibility index (Phi) is 8.88. The second kappa shape index (κ2) is 12.9. The molecule has 2 aliphatic rings. The smallest absolute Gasteiger partial charge is 0.166 e. The molecule has 1 saturated carbocycles. The summed E-state index contributed by atoms with van der Waals surface area (Å²) < 4.78 is 34.5. The zero-order chi connectivity index (χ0) is 29.1. The topological polar surface area (TPSA) is 58.6 Å². The van der Waals surface area contributed by atoms with Crippen LogP contribution in [0.1, 0.15) is 43.2 Å². The molecule has 4 aromatic rings. The monoisotopic (exact) mass is 590 g/mol. The van der Waals surface area contributed by atoms with Crippen molar-refractivity contribution in [1.29, 1.82) is 0 Å². The molecular weight excluding hydrogens is 554 g/mol. The molecule has 1 aromatic carbocycles. The van der Waals surface area contributed by atoms with Gasteiger partial charge in [0.2, 0.25) is 0 Å². The Morgan fingerprint density at radius 3 is 2.57 bits per heavy atom. The largest absolute Gasteiger partial charge is 0.453 e. The van der Waals surface area contributed by atoms with Crippen LogP contribution in [0, 0.1) is 11.7 Å². The number of pyridine rings is 2. The van der Waals surface area contributed by atoms with Crippen LogP contribution in [-0.4, -0.2) is 64.9 Å². The van der Waals surface area contributed by atoms with Gasteiger partial charge >= 0.3 is 0 Å². The molecule has 0 unspecified atom stereocenters. The van der Waals surface area contributed by atoms with Crippen molar-refractivity contribution in [1.82, 2.24) is 19.8 Å². The van der Waals surface area contributed by atoms with Crippen LogP contribution < -0.4 is 4.74 Å². The molecule has 1 aliphatic heterocycles. The predicted octanol–water partition coefficient (Wildman–Crippen LogP) is 7.07. The molecule has 0 bridgehead atoms. The van der Waals surface area contributed by atoms with E-state index >= 15 is 0 Å². The van der Waals surface area contributed by atoms with E-state index in [0.29, 0.717) is 36.2 Å². The Labute approximate surface area is 249 Å². The number of benzene rings is 1. The molecule has 1 saturated heterocycles. The van der Waals surface area contributed by atoms with Gasteiger partial charge in [0.15, 0.2) is 11.6 Å². The van der Waals surface area contributed by atoms with Crippen LogP contribution in [0.15, 0.2) is 54.9 Å². The molecule has 0 radical (unpaired) electrons. The summed E-state index contributed by atoms with van der Waals surface area (Å²) in [6.45, 7) is 3.04. The Balaban J connectivity index is 1.10. The van der Waals surface area contributed by atoms with Crippen molar-refractivity contribution in [2.75, 3.05) is 33.4 Å². The number of alkyl halides is 1. The Bertz CT molecular complexity index is 1530. The van der Waals surface area contributed by atoms with Gasteiger partial charge in [0.25, 0.3) is 0 Å². The zero-order valence-electron chi connectivity index (χ0n) is 23.9. The van der Waals surface area contributed by atoms with E-state index in [-0.39, 0.29) is 24.6 Å². The summed E-state index contributed by atoms with van der Waals surface area (Å²) in [5.74, 6) is 0.857. The lowest BCUT2D eigenvalue weighted by Gasteiger charge is -2.36. The van der Waals surface area contributed by atoms with Gasteiger partial charge in [-0.05, 0) is 87.1 Å². The molecule has 3 aromatic heterocycles.